The Morgan fingerprint density at radius 1 is 1.35 bits per heavy atom. The van der Waals surface area contributed by atoms with Crippen molar-refractivity contribution < 1.29 is 13.9 Å². The number of ether oxygens (including phenoxy) is 1. The van der Waals surface area contributed by atoms with Gasteiger partial charge in [0, 0.05) is 28.9 Å². The maximum Gasteiger partial charge on any atom is 0.290 e. The molecule has 0 unspecified atom stereocenters. The highest BCUT2D eigenvalue weighted by atomic mass is 32.1. The zero-order valence-corrected chi connectivity index (χ0v) is 16.1. The van der Waals surface area contributed by atoms with E-state index in [2.05, 4.69) is 0 Å². The largest absolute Gasteiger partial charge is 0.497 e. The molecule has 0 atom stereocenters. The third-order valence-electron chi connectivity index (χ3n) is 4.95. The summed E-state index contributed by atoms with van der Waals surface area (Å²) >= 11 is 1.74. The van der Waals surface area contributed by atoms with Crippen LogP contribution in [-0.2, 0) is 19.4 Å². The van der Waals surface area contributed by atoms with Crippen LogP contribution in [-0.4, -0.2) is 29.9 Å². The van der Waals surface area contributed by atoms with Gasteiger partial charge in [-0.15, -0.1) is 11.3 Å². The molecule has 2 heterocycles. The average Bonchev–Trinajstić information content (AvgIpc) is 3.21. The minimum atomic E-state index is -0.120. The first-order valence-corrected chi connectivity index (χ1v) is 9.68. The van der Waals surface area contributed by atoms with Gasteiger partial charge in [0.1, 0.15) is 16.3 Å². The van der Waals surface area contributed by atoms with Crippen molar-refractivity contribution in [2.45, 2.75) is 39.2 Å². The summed E-state index contributed by atoms with van der Waals surface area (Å²) in [5, 5.41) is 1.94. The zero-order chi connectivity index (χ0) is 18.3. The van der Waals surface area contributed by atoms with Gasteiger partial charge in [0.05, 0.1) is 19.3 Å². The van der Waals surface area contributed by atoms with Crippen LogP contribution in [0.25, 0.3) is 11.0 Å². The number of aromatic nitrogens is 1. The third kappa shape index (κ3) is 2.98. The summed E-state index contributed by atoms with van der Waals surface area (Å²) in [6.07, 6.45) is 4.64. The van der Waals surface area contributed by atoms with Crippen molar-refractivity contribution in [3.63, 3.8) is 0 Å². The molecule has 5 nitrogen and oxygen atoms in total. The first kappa shape index (κ1) is 17.1. The fraction of sp³-hybridized carbons (Fsp3) is 0.400. The van der Waals surface area contributed by atoms with E-state index in [-0.39, 0.29) is 5.91 Å². The van der Waals surface area contributed by atoms with E-state index >= 15 is 0 Å². The van der Waals surface area contributed by atoms with Crippen LogP contribution in [0.5, 0.6) is 5.75 Å². The monoisotopic (exact) mass is 370 g/mol. The van der Waals surface area contributed by atoms with Gasteiger partial charge >= 0.3 is 0 Å². The van der Waals surface area contributed by atoms with Gasteiger partial charge in [0.25, 0.3) is 5.91 Å². The highest BCUT2D eigenvalue weighted by molar-refractivity contribution is 7.11. The SMILES string of the molecule is COc1ccc2c(C)c(C(=O)N(C)Cc3nc4c(s3)CCCC4)oc2c1. The van der Waals surface area contributed by atoms with Crippen LogP contribution in [0.15, 0.2) is 22.6 Å². The van der Waals surface area contributed by atoms with Gasteiger partial charge < -0.3 is 14.1 Å². The summed E-state index contributed by atoms with van der Waals surface area (Å²) in [7, 11) is 3.42. The third-order valence-corrected chi connectivity index (χ3v) is 6.09. The lowest BCUT2D eigenvalue weighted by Gasteiger charge is -2.14. The van der Waals surface area contributed by atoms with Gasteiger partial charge in [0.2, 0.25) is 0 Å². The maximum atomic E-state index is 12.9. The Hall–Kier alpha value is -2.34. The van der Waals surface area contributed by atoms with E-state index in [1.165, 1.54) is 23.4 Å². The molecule has 26 heavy (non-hydrogen) atoms. The molecule has 1 aromatic carbocycles. The van der Waals surface area contributed by atoms with E-state index in [1.54, 1.807) is 30.4 Å². The fourth-order valence-corrected chi connectivity index (χ4v) is 4.67. The number of carbonyl (C=O) groups excluding carboxylic acids is 1. The molecule has 0 radical (unpaired) electrons. The standard InChI is InChI=1S/C20H22N2O3S/c1-12-14-9-8-13(24-3)10-16(14)25-19(12)20(23)22(2)11-18-21-15-6-4-5-7-17(15)26-18/h8-10H,4-7,11H2,1-3H3. The van der Waals surface area contributed by atoms with Crippen molar-refractivity contribution in [1.29, 1.82) is 0 Å². The first-order valence-electron chi connectivity index (χ1n) is 8.87. The highest BCUT2D eigenvalue weighted by Crippen LogP contribution is 2.30. The number of benzene rings is 1. The summed E-state index contributed by atoms with van der Waals surface area (Å²) in [4.78, 5) is 20.7. The smallest absolute Gasteiger partial charge is 0.290 e. The minimum Gasteiger partial charge on any atom is -0.497 e. The Kier molecular flexibility index (Phi) is 4.44. The number of rotatable bonds is 4. The zero-order valence-electron chi connectivity index (χ0n) is 15.3. The van der Waals surface area contributed by atoms with Gasteiger partial charge in [-0.2, -0.15) is 0 Å². The second-order valence-electron chi connectivity index (χ2n) is 6.76. The van der Waals surface area contributed by atoms with Crippen LogP contribution in [0.3, 0.4) is 0 Å². The normalized spacial score (nSPS) is 13.7. The lowest BCUT2D eigenvalue weighted by atomic mass is 10.0. The van der Waals surface area contributed by atoms with E-state index in [0.717, 1.165) is 28.8 Å². The molecule has 0 N–H and O–H groups in total. The predicted molar refractivity (Wildman–Crippen MR) is 102 cm³/mol. The molecular formula is C20H22N2O3S. The summed E-state index contributed by atoms with van der Waals surface area (Å²) in [5.74, 6) is 0.981. The molecule has 0 saturated carbocycles. The molecule has 2 aromatic heterocycles. The molecule has 1 amide bonds. The highest BCUT2D eigenvalue weighted by Gasteiger charge is 2.23. The number of methoxy groups -OCH3 is 1. The summed E-state index contributed by atoms with van der Waals surface area (Å²) in [5.41, 5.74) is 2.75. The van der Waals surface area contributed by atoms with Gasteiger partial charge in [-0.05, 0) is 44.7 Å². The topological polar surface area (TPSA) is 55.6 Å². The number of aryl methyl sites for hydroxylation is 3. The van der Waals surface area contributed by atoms with Crippen LogP contribution >= 0.6 is 11.3 Å². The summed E-state index contributed by atoms with van der Waals surface area (Å²) in [6.45, 7) is 2.43. The van der Waals surface area contributed by atoms with Gasteiger partial charge in [-0.1, -0.05) is 0 Å². The number of fused-ring (bicyclic) bond motifs is 2. The minimum absolute atomic E-state index is 0.120. The van der Waals surface area contributed by atoms with Crippen LogP contribution < -0.4 is 4.74 Å². The first-order chi connectivity index (χ1) is 12.6. The van der Waals surface area contributed by atoms with E-state index in [4.69, 9.17) is 14.1 Å². The number of amides is 1. The second-order valence-corrected chi connectivity index (χ2v) is 7.93. The van der Waals surface area contributed by atoms with Crippen molar-refractivity contribution in [3.8, 4) is 5.75 Å². The molecule has 0 bridgehead atoms. The fourth-order valence-electron chi connectivity index (χ4n) is 3.46. The van der Waals surface area contributed by atoms with Gasteiger partial charge in [-0.25, -0.2) is 4.98 Å². The molecule has 4 rings (SSSR count). The number of hydrogen-bond donors (Lipinski definition) is 0. The van der Waals surface area contributed by atoms with Crippen LogP contribution in [0.4, 0.5) is 0 Å². The average molecular weight is 370 g/mol. The van der Waals surface area contributed by atoms with Crippen LogP contribution in [0.1, 0.15) is 44.5 Å². The van der Waals surface area contributed by atoms with Crippen molar-refractivity contribution >= 4 is 28.2 Å². The maximum absolute atomic E-state index is 12.9. The van der Waals surface area contributed by atoms with Crippen molar-refractivity contribution in [1.82, 2.24) is 9.88 Å². The molecule has 6 heteroatoms. The van der Waals surface area contributed by atoms with Gasteiger partial charge in [0.15, 0.2) is 5.76 Å². The number of hydrogen-bond acceptors (Lipinski definition) is 5. The Labute approximate surface area is 156 Å². The molecular weight excluding hydrogens is 348 g/mol. The Balaban J connectivity index is 1.57. The number of nitrogens with zero attached hydrogens (tertiary/aromatic N) is 2. The summed E-state index contributed by atoms with van der Waals surface area (Å²) in [6, 6.07) is 5.62. The molecule has 0 aliphatic heterocycles. The van der Waals surface area contributed by atoms with E-state index in [1.807, 2.05) is 25.1 Å². The lowest BCUT2D eigenvalue weighted by molar-refractivity contribution is 0.0754. The van der Waals surface area contributed by atoms with Crippen molar-refractivity contribution in [3.05, 3.63) is 45.1 Å². The number of carbonyl (C=O) groups is 1. The lowest BCUT2D eigenvalue weighted by Crippen LogP contribution is -2.26. The number of thiazole rings is 1. The van der Waals surface area contributed by atoms with E-state index < -0.39 is 0 Å². The quantitative estimate of drug-likeness (QED) is 0.685. The Morgan fingerprint density at radius 3 is 2.92 bits per heavy atom. The predicted octanol–water partition coefficient (Wildman–Crippen LogP) is 4.36. The van der Waals surface area contributed by atoms with Crippen molar-refractivity contribution in [2.24, 2.45) is 0 Å². The molecule has 0 fully saturated rings. The van der Waals surface area contributed by atoms with E-state index in [9.17, 15) is 4.79 Å². The van der Waals surface area contributed by atoms with Crippen molar-refractivity contribution in [2.75, 3.05) is 14.2 Å². The summed E-state index contributed by atoms with van der Waals surface area (Å²) < 4.78 is 11.1. The molecule has 1 aliphatic carbocycles. The number of furan rings is 1. The van der Waals surface area contributed by atoms with Crippen LogP contribution in [0, 0.1) is 6.92 Å². The van der Waals surface area contributed by atoms with Crippen LogP contribution in [0.2, 0.25) is 0 Å². The van der Waals surface area contributed by atoms with E-state index in [0.29, 0.717) is 23.6 Å². The van der Waals surface area contributed by atoms with Gasteiger partial charge in [-0.3, -0.25) is 4.79 Å². The molecule has 0 spiro atoms. The Morgan fingerprint density at radius 2 is 2.15 bits per heavy atom. The second kappa shape index (κ2) is 6.76. The molecule has 1 aliphatic rings. The Bertz CT molecular complexity index is 950. The molecule has 0 saturated heterocycles. The molecule has 3 aromatic rings. The molecule has 136 valence electrons.